The van der Waals surface area contributed by atoms with Crippen LogP contribution in [0.3, 0.4) is 0 Å². The first-order valence-corrected chi connectivity index (χ1v) is 11.9. The zero-order chi connectivity index (χ0) is 22.7. The second-order valence-corrected chi connectivity index (χ2v) is 10.6. The normalized spacial score (nSPS) is 31.9. The Bertz CT molecular complexity index is 1170. The predicted octanol–water partition coefficient (Wildman–Crippen LogP) is 6.38. The number of hydrogen-bond donors (Lipinski definition) is 1. The Morgan fingerprint density at radius 1 is 0.818 bits per heavy atom. The molecule has 1 spiro atoms. The SMILES string of the molecule is CC1(C)CCC[C@]2(Cc3ccc(-c4ccccc4)cc3)CO[C@@]3(c4cccc(O)c4)OO[C@@]123. The lowest BCUT2D eigenvalue weighted by atomic mass is 9.48. The van der Waals surface area contributed by atoms with Crippen molar-refractivity contribution in [2.45, 2.75) is 50.9 Å². The van der Waals surface area contributed by atoms with Gasteiger partial charge in [-0.25, -0.2) is 4.89 Å². The van der Waals surface area contributed by atoms with Crippen LogP contribution in [0.5, 0.6) is 5.75 Å². The lowest BCUT2D eigenvalue weighted by Gasteiger charge is -2.65. The van der Waals surface area contributed by atoms with Gasteiger partial charge in [0.25, 0.3) is 5.79 Å². The highest BCUT2D eigenvalue weighted by molar-refractivity contribution is 5.63. The maximum atomic E-state index is 10.2. The van der Waals surface area contributed by atoms with Crippen LogP contribution in [0.25, 0.3) is 11.1 Å². The van der Waals surface area contributed by atoms with Crippen LogP contribution in [0.4, 0.5) is 0 Å². The molecule has 3 aliphatic rings. The second-order valence-electron chi connectivity index (χ2n) is 10.6. The van der Waals surface area contributed by atoms with Gasteiger partial charge in [0.15, 0.2) is 5.60 Å². The van der Waals surface area contributed by atoms with Crippen molar-refractivity contribution in [1.29, 1.82) is 0 Å². The van der Waals surface area contributed by atoms with E-state index in [1.54, 1.807) is 12.1 Å². The number of rotatable bonds is 4. The van der Waals surface area contributed by atoms with Gasteiger partial charge in [-0.1, -0.05) is 87.0 Å². The number of phenols is 1. The molecule has 0 bridgehead atoms. The number of benzene rings is 3. The molecule has 33 heavy (non-hydrogen) atoms. The van der Waals surface area contributed by atoms with E-state index in [4.69, 9.17) is 14.5 Å². The van der Waals surface area contributed by atoms with E-state index in [0.717, 1.165) is 31.2 Å². The lowest BCUT2D eigenvalue weighted by Crippen LogP contribution is -2.76. The monoisotopic (exact) mass is 442 g/mol. The molecular weight excluding hydrogens is 412 g/mol. The highest BCUT2D eigenvalue weighted by Crippen LogP contribution is 2.74. The molecule has 4 nitrogen and oxygen atoms in total. The van der Waals surface area contributed by atoms with Crippen LogP contribution in [0, 0.1) is 10.8 Å². The van der Waals surface area contributed by atoms with E-state index < -0.39 is 11.4 Å². The zero-order valence-electron chi connectivity index (χ0n) is 19.2. The van der Waals surface area contributed by atoms with Crippen molar-refractivity contribution in [2.75, 3.05) is 6.61 Å². The van der Waals surface area contributed by atoms with Gasteiger partial charge in [-0.2, -0.15) is 4.89 Å². The molecule has 2 aliphatic heterocycles. The number of aromatic hydroxyl groups is 1. The first-order chi connectivity index (χ1) is 15.9. The maximum absolute atomic E-state index is 10.2. The first-order valence-electron chi connectivity index (χ1n) is 11.9. The lowest BCUT2D eigenvalue weighted by molar-refractivity contribution is -0.631. The Morgan fingerprint density at radius 3 is 2.27 bits per heavy atom. The van der Waals surface area contributed by atoms with Gasteiger partial charge in [-0.05, 0) is 48.1 Å². The van der Waals surface area contributed by atoms with Crippen LogP contribution < -0.4 is 0 Å². The summed E-state index contributed by atoms with van der Waals surface area (Å²) in [7, 11) is 0. The Morgan fingerprint density at radius 2 is 1.58 bits per heavy atom. The summed E-state index contributed by atoms with van der Waals surface area (Å²) in [5.41, 5.74) is 3.54. The van der Waals surface area contributed by atoms with Gasteiger partial charge in [0, 0.05) is 16.4 Å². The minimum atomic E-state index is -1.00. The molecule has 0 unspecified atom stereocenters. The van der Waals surface area contributed by atoms with Crippen LogP contribution in [-0.4, -0.2) is 17.3 Å². The van der Waals surface area contributed by atoms with Crippen LogP contribution in [0.1, 0.15) is 44.2 Å². The molecule has 0 aromatic heterocycles. The van der Waals surface area contributed by atoms with Crippen LogP contribution in [0.2, 0.25) is 0 Å². The standard InChI is InChI=1S/C29H30O4/c1-26(2)16-7-17-27(19-21-12-14-23(15-13-21)22-8-4-3-5-9-22)20-31-28(29(26,27)33-32-28)24-10-6-11-25(30)18-24/h3-6,8-15,18,30H,7,16-17,19-20H2,1-2H3/t27-,28-,29-/m0/s1. The van der Waals surface area contributed by atoms with Gasteiger partial charge in [0.1, 0.15) is 5.75 Å². The molecule has 2 heterocycles. The van der Waals surface area contributed by atoms with E-state index in [1.165, 1.54) is 16.7 Å². The smallest absolute Gasteiger partial charge is 0.261 e. The van der Waals surface area contributed by atoms with Crippen LogP contribution in [0.15, 0.2) is 78.9 Å². The Kier molecular flexibility index (Phi) is 4.54. The van der Waals surface area contributed by atoms with Crippen molar-refractivity contribution < 1.29 is 19.6 Å². The summed E-state index contributed by atoms with van der Waals surface area (Å²) in [6, 6.07) is 26.6. The molecular formula is C29H30O4. The van der Waals surface area contributed by atoms with Crippen molar-refractivity contribution in [3.05, 3.63) is 90.0 Å². The fourth-order valence-corrected chi connectivity index (χ4v) is 6.82. The average molecular weight is 443 g/mol. The molecule has 6 rings (SSSR count). The Labute approximate surface area is 195 Å². The fraction of sp³-hybridized carbons (Fsp3) is 0.379. The predicted molar refractivity (Wildman–Crippen MR) is 126 cm³/mol. The molecule has 3 fully saturated rings. The fourth-order valence-electron chi connectivity index (χ4n) is 6.82. The quantitative estimate of drug-likeness (QED) is 0.476. The Balaban J connectivity index is 1.40. The summed E-state index contributed by atoms with van der Waals surface area (Å²) >= 11 is 0. The molecule has 0 radical (unpaired) electrons. The third-order valence-electron chi connectivity index (χ3n) is 8.29. The number of hydrogen-bond acceptors (Lipinski definition) is 4. The number of ether oxygens (including phenoxy) is 1. The van der Waals surface area contributed by atoms with Gasteiger partial charge in [-0.3, -0.25) is 0 Å². The molecule has 2 saturated heterocycles. The van der Waals surface area contributed by atoms with Gasteiger partial charge in [0.05, 0.1) is 6.61 Å². The molecule has 1 saturated carbocycles. The summed E-state index contributed by atoms with van der Waals surface area (Å²) in [5, 5.41) is 10.2. The third kappa shape index (κ3) is 2.75. The summed E-state index contributed by atoms with van der Waals surface area (Å²) in [5.74, 6) is -0.793. The van der Waals surface area contributed by atoms with Crippen molar-refractivity contribution in [3.8, 4) is 16.9 Å². The van der Waals surface area contributed by atoms with Crippen molar-refractivity contribution in [3.63, 3.8) is 0 Å². The van der Waals surface area contributed by atoms with E-state index in [0.29, 0.717) is 6.61 Å². The molecule has 1 aliphatic carbocycles. The minimum Gasteiger partial charge on any atom is -0.508 e. The Hall–Kier alpha value is -2.66. The molecule has 0 amide bonds. The topological polar surface area (TPSA) is 47.9 Å². The summed E-state index contributed by atoms with van der Waals surface area (Å²) in [6.07, 6.45) is 4.03. The van der Waals surface area contributed by atoms with Gasteiger partial charge in [0.2, 0.25) is 0 Å². The highest BCUT2D eigenvalue weighted by Gasteiger charge is 2.84. The van der Waals surface area contributed by atoms with Crippen LogP contribution >= 0.6 is 0 Å². The van der Waals surface area contributed by atoms with Gasteiger partial charge >= 0.3 is 0 Å². The largest absolute Gasteiger partial charge is 0.508 e. The van der Waals surface area contributed by atoms with Gasteiger partial charge < -0.3 is 9.84 Å². The summed E-state index contributed by atoms with van der Waals surface area (Å²) < 4.78 is 6.56. The third-order valence-corrected chi connectivity index (χ3v) is 8.29. The van der Waals surface area contributed by atoms with E-state index in [2.05, 4.69) is 62.4 Å². The van der Waals surface area contributed by atoms with E-state index in [9.17, 15) is 5.11 Å². The van der Waals surface area contributed by atoms with Crippen LogP contribution in [-0.2, 0) is 26.7 Å². The van der Waals surface area contributed by atoms with Crippen molar-refractivity contribution in [1.82, 2.24) is 0 Å². The molecule has 3 aromatic carbocycles. The average Bonchev–Trinajstić information content (AvgIpc) is 2.99. The highest BCUT2D eigenvalue weighted by atomic mass is 17.3. The van der Waals surface area contributed by atoms with E-state index in [1.807, 2.05) is 18.2 Å². The summed E-state index contributed by atoms with van der Waals surface area (Å²) in [6.45, 7) is 5.11. The minimum absolute atomic E-state index is 0.157. The first kappa shape index (κ1) is 20.9. The van der Waals surface area contributed by atoms with E-state index in [-0.39, 0.29) is 16.6 Å². The zero-order valence-corrected chi connectivity index (χ0v) is 19.2. The van der Waals surface area contributed by atoms with Crippen molar-refractivity contribution >= 4 is 0 Å². The maximum Gasteiger partial charge on any atom is 0.261 e. The molecule has 3 aromatic rings. The molecule has 3 atom stereocenters. The van der Waals surface area contributed by atoms with Crippen molar-refractivity contribution in [2.24, 2.45) is 10.8 Å². The van der Waals surface area contributed by atoms with Gasteiger partial charge in [-0.15, -0.1) is 0 Å². The van der Waals surface area contributed by atoms with E-state index >= 15 is 0 Å². The number of phenolic OH excluding ortho intramolecular Hbond substituents is 1. The second kappa shape index (κ2) is 7.17. The summed E-state index contributed by atoms with van der Waals surface area (Å²) in [4.78, 5) is 12.1. The molecule has 170 valence electrons. The molecule has 1 N–H and O–H groups in total. The molecule has 4 heteroatoms.